The number of piperidine rings is 1. The first-order chi connectivity index (χ1) is 11.5. The molecule has 0 spiro atoms. The first-order valence-electron chi connectivity index (χ1n) is 8.16. The third-order valence-corrected chi connectivity index (χ3v) is 4.57. The van der Waals surface area contributed by atoms with Gasteiger partial charge in [-0.25, -0.2) is 4.98 Å². The average molecular weight is 329 g/mol. The minimum absolute atomic E-state index is 0.0856. The van der Waals surface area contributed by atoms with E-state index in [2.05, 4.69) is 22.2 Å². The van der Waals surface area contributed by atoms with Crippen LogP contribution in [0.25, 0.3) is 5.65 Å². The van der Waals surface area contributed by atoms with Crippen LogP contribution in [0, 0.1) is 6.92 Å². The van der Waals surface area contributed by atoms with Gasteiger partial charge in [0.05, 0.1) is 11.3 Å². The van der Waals surface area contributed by atoms with Gasteiger partial charge in [0.15, 0.2) is 0 Å². The van der Waals surface area contributed by atoms with Crippen molar-refractivity contribution in [2.45, 2.75) is 25.8 Å². The van der Waals surface area contributed by atoms with Gasteiger partial charge in [-0.1, -0.05) is 0 Å². The Morgan fingerprint density at radius 2 is 2.08 bits per heavy atom. The number of hydrogen-bond acceptors (Lipinski definition) is 4. The van der Waals surface area contributed by atoms with E-state index in [1.54, 1.807) is 29.8 Å². The number of nitrogens with one attached hydrogen (secondary N) is 1. The number of rotatable bonds is 4. The Morgan fingerprint density at radius 3 is 2.75 bits per heavy atom. The van der Waals surface area contributed by atoms with E-state index in [-0.39, 0.29) is 11.9 Å². The SMILES string of the molecule is Cc1nc2ccc(C(=O)NC3CCN(C)CC3)cn2c1N(C)C=O. The Labute approximate surface area is 141 Å². The van der Waals surface area contributed by atoms with Crippen molar-refractivity contribution in [1.29, 1.82) is 0 Å². The Bertz CT molecular complexity index is 762. The van der Waals surface area contributed by atoms with Crippen LogP contribution in [0.4, 0.5) is 5.82 Å². The number of aromatic nitrogens is 2. The summed E-state index contributed by atoms with van der Waals surface area (Å²) in [6.07, 6.45) is 4.41. The van der Waals surface area contributed by atoms with Gasteiger partial charge in [0, 0.05) is 19.3 Å². The summed E-state index contributed by atoms with van der Waals surface area (Å²) in [6, 6.07) is 3.79. The van der Waals surface area contributed by atoms with Crippen LogP contribution in [0.15, 0.2) is 18.3 Å². The number of fused-ring (bicyclic) bond motifs is 1. The molecule has 2 aromatic rings. The van der Waals surface area contributed by atoms with Crippen LogP contribution in [0.5, 0.6) is 0 Å². The van der Waals surface area contributed by atoms with Crippen molar-refractivity contribution in [2.75, 3.05) is 32.1 Å². The van der Waals surface area contributed by atoms with Gasteiger partial charge in [-0.3, -0.25) is 14.0 Å². The molecule has 7 heteroatoms. The third kappa shape index (κ3) is 3.12. The lowest BCUT2D eigenvalue weighted by Gasteiger charge is -2.29. The molecule has 7 nitrogen and oxygen atoms in total. The summed E-state index contributed by atoms with van der Waals surface area (Å²) in [5.41, 5.74) is 2.03. The summed E-state index contributed by atoms with van der Waals surface area (Å²) in [4.78, 5) is 31.8. The number of likely N-dealkylation sites (tertiary alicyclic amines) is 1. The summed E-state index contributed by atoms with van der Waals surface area (Å²) in [5.74, 6) is 0.589. The van der Waals surface area contributed by atoms with Gasteiger partial charge in [0.25, 0.3) is 5.91 Å². The summed E-state index contributed by atoms with van der Waals surface area (Å²) in [5, 5.41) is 3.11. The Hall–Kier alpha value is -2.41. The molecule has 0 unspecified atom stereocenters. The predicted molar refractivity (Wildman–Crippen MR) is 92.4 cm³/mol. The van der Waals surface area contributed by atoms with Crippen LogP contribution in [0.2, 0.25) is 0 Å². The smallest absolute Gasteiger partial charge is 0.252 e. The fourth-order valence-corrected chi connectivity index (χ4v) is 3.18. The number of nitrogens with zero attached hydrogens (tertiary/aromatic N) is 4. The number of carbonyl (C=O) groups is 2. The molecular formula is C17H23N5O2. The van der Waals surface area contributed by atoms with Crippen LogP contribution in [-0.4, -0.2) is 59.8 Å². The maximum Gasteiger partial charge on any atom is 0.252 e. The molecule has 0 atom stereocenters. The molecule has 1 fully saturated rings. The standard InChI is InChI=1S/C17H23N5O2/c1-12-17(21(3)11-23)22-10-13(4-5-15(22)18-12)16(24)19-14-6-8-20(2)9-7-14/h4-5,10-11,14H,6-9H2,1-3H3,(H,19,24). The molecule has 2 aromatic heterocycles. The van der Waals surface area contributed by atoms with E-state index in [1.807, 2.05) is 6.92 Å². The highest BCUT2D eigenvalue weighted by Gasteiger charge is 2.20. The highest BCUT2D eigenvalue weighted by Crippen LogP contribution is 2.21. The average Bonchev–Trinajstić information content (AvgIpc) is 2.91. The fourth-order valence-electron chi connectivity index (χ4n) is 3.18. The zero-order valence-corrected chi connectivity index (χ0v) is 14.3. The third-order valence-electron chi connectivity index (χ3n) is 4.57. The van der Waals surface area contributed by atoms with E-state index in [1.165, 1.54) is 4.90 Å². The molecule has 0 radical (unpaired) electrons. The molecule has 1 aliphatic rings. The van der Waals surface area contributed by atoms with Crippen molar-refractivity contribution in [2.24, 2.45) is 0 Å². The second-order valence-corrected chi connectivity index (χ2v) is 6.43. The highest BCUT2D eigenvalue weighted by atomic mass is 16.1. The van der Waals surface area contributed by atoms with E-state index >= 15 is 0 Å². The fraction of sp³-hybridized carbons (Fsp3) is 0.471. The molecule has 0 aliphatic carbocycles. The second kappa shape index (κ2) is 6.60. The molecule has 0 bridgehead atoms. The molecule has 1 saturated heterocycles. The van der Waals surface area contributed by atoms with Crippen LogP contribution < -0.4 is 10.2 Å². The molecular weight excluding hydrogens is 306 g/mol. The van der Waals surface area contributed by atoms with Crippen molar-refractivity contribution in [3.63, 3.8) is 0 Å². The first-order valence-corrected chi connectivity index (χ1v) is 8.16. The molecule has 0 aromatic carbocycles. The van der Waals surface area contributed by atoms with Crippen molar-refractivity contribution in [3.8, 4) is 0 Å². The van der Waals surface area contributed by atoms with E-state index in [9.17, 15) is 9.59 Å². The molecule has 3 heterocycles. The normalized spacial score (nSPS) is 16.3. The number of pyridine rings is 1. The van der Waals surface area contributed by atoms with Gasteiger partial charge in [-0.15, -0.1) is 0 Å². The zero-order chi connectivity index (χ0) is 17.3. The number of anilines is 1. The Balaban J connectivity index is 1.84. The summed E-state index contributed by atoms with van der Waals surface area (Å²) in [7, 11) is 3.77. The van der Waals surface area contributed by atoms with E-state index in [0.717, 1.165) is 38.0 Å². The lowest BCUT2D eigenvalue weighted by Crippen LogP contribution is -2.43. The van der Waals surface area contributed by atoms with Gasteiger partial charge in [0.2, 0.25) is 6.41 Å². The topological polar surface area (TPSA) is 70.0 Å². The van der Waals surface area contributed by atoms with Crippen LogP contribution in [-0.2, 0) is 4.79 Å². The largest absolute Gasteiger partial charge is 0.349 e. The molecule has 128 valence electrons. The van der Waals surface area contributed by atoms with Crippen molar-refractivity contribution >= 4 is 23.8 Å². The Kier molecular flexibility index (Phi) is 4.53. The quantitative estimate of drug-likeness (QED) is 0.852. The van der Waals surface area contributed by atoms with E-state index in [4.69, 9.17) is 0 Å². The molecule has 0 saturated carbocycles. The van der Waals surface area contributed by atoms with Crippen LogP contribution in [0.3, 0.4) is 0 Å². The maximum absolute atomic E-state index is 12.6. The van der Waals surface area contributed by atoms with Crippen molar-refractivity contribution < 1.29 is 9.59 Å². The first kappa shape index (κ1) is 16.4. The molecule has 1 N–H and O–H groups in total. The number of hydrogen-bond donors (Lipinski definition) is 1. The van der Waals surface area contributed by atoms with Gasteiger partial charge < -0.3 is 15.1 Å². The van der Waals surface area contributed by atoms with Gasteiger partial charge >= 0.3 is 0 Å². The number of aryl methyl sites for hydroxylation is 1. The van der Waals surface area contributed by atoms with Crippen LogP contribution >= 0.6 is 0 Å². The maximum atomic E-state index is 12.6. The highest BCUT2D eigenvalue weighted by molar-refractivity contribution is 5.94. The lowest BCUT2D eigenvalue weighted by atomic mass is 10.1. The van der Waals surface area contributed by atoms with Crippen LogP contribution in [0.1, 0.15) is 28.9 Å². The lowest BCUT2D eigenvalue weighted by molar-refractivity contribution is -0.107. The summed E-state index contributed by atoms with van der Waals surface area (Å²) in [6.45, 7) is 3.85. The zero-order valence-electron chi connectivity index (χ0n) is 14.3. The van der Waals surface area contributed by atoms with E-state index < -0.39 is 0 Å². The number of amides is 2. The monoisotopic (exact) mass is 329 g/mol. The van der Waals surface area contributed by atoms with E-state index in [0.29, 0.717) is 17.0 Å². The molecule has 2 amide bonds. The minimum atomic E-state index is -0.0856. The molecule has 24 heavy (non-hydrogen) atoms. The minimum Gasteiger partial charge on any atom is -0.349 e. The van der Waals surface area contributed by atoms with Crippen molar-refractivity contribution in [1.82, 2.24) is 19.6 Å². The van der Waals surface area contributed by atoms with Gasteiger partial charge in [0.1, 0.15) is 11.5 Å². The summed E-state index contributed by atoms with van der Waals surface area (Å²) < 4.78 is 1.79. The Morgan fingerprint density at radius 1 is 1.38 bits per heavy atom. The van der Waals surface area contributed by atoms with Gasteiger partial charge in [-0.05, 0) is 52.0 Å². The molecule has 1 aliphatic heterocycles. The van der Waals surface area contributed by atoms with Gasteiger partial charge in [-0.2, -0.15) is 0 Å². The molecule has 3 rings (SSSR count). The number of carbonyl (C=O) groups excluding carboxylic acids is 2. The second-order valence-electron chi connectivity index (χ2n) is 6.43. The number of imidazole rings is 1. The van der Waals surface area contributed by atoms with Crippen molar-refractivity contribution in [3.05, 3.63) is 29.6 Å². The predicted octanol–water partition coefficient (Wildman–Crippen LogP) is 1.06. The summed E-state index contributed by atoms with van der Waals surface area (Å²) >= 11 is 0.